The highest BCUT2D eigenvalue weighted by atomic mass is 16.5. The molecule has 2 amide bonds. The minimum Gasteiger partial charge on any atom is -0.481 e. The first-order chi connectivity index (χ1) is 10.4. The van der Waals surface area contributed by atoms with Crippen LogP contribution in [0.3, 0.4) is 0 Å². The van der Waals surface area contributed by atoms with E-state index in [9.17, 15) is 9.59 Å². The van der Waals surface area contributed by atoms with Crippen molar-refractivity contribution in [1.29, 1.82) is 0 Å². The topological polar surface area (TPSA) is 76.7 Å². The number of hydrogen-bond donors (Lipinski definition) is 2. The van der Waals surface area contributed by atoms with E-state index in [-0.39, 0.29) is 6.61 Å². The Hall–Kier alpha value is -2.08. The molecule has 0 spiro atoms. The van der Waals surface area contributed by atoms with E-state index in [1.54, 1.807) is 13.8 Å². The van der Waals surface area contributed by atoms with Crippen molar-refractivity contribution < 1.29 is 19.1 Å². The third-order valence-corrected chi connectivity index (χ3v) is 2.99. The minimum absolute atomic E-state index is 0.0946. The molecule has 0 aliphatic carbocycles. The number of nitrogens with one attached hydrogen (secondary N) is 2. The van der Waals surface area contributed by atoms with Gasteiger partial charge in [0.25, 0.3) is 11.8 Å². The summed E-state index contributed by atoms with van der Waals surface area (Å²) in [4.78, 5) is 23.1. The molecule has 0 aliphatic rings. The van der Waals surface area contributed by atoms with Gasteiger partial charge in [-0.2, -0.15) is 0 Å². The maximum atomic E-state index is 11.8. The fourth-order valence-corrected chi connectivity index (χ4v) is 1.65. The van der Waals surface area contributed by atoms with Crippen molar-refractivity contribution in [3.63, 3.8) is 0 Å². The Balaban J connectivity index is 2.42. The van der Waals surface area contributed by atoms with Crippen molar-refractivity contribution >= 4 is 11.8 Å². The minimum atomic E-state index is -0.725. The van der Waals surface area contributed by atoms with Gasteiger partial charge in [-0.05, 0) is 37.5 Å². The molecule has 122 valence electrons. The summed E-state index contributed by atoms with van der Waals surface area (Å²) in [5.74, 6) is 0.199. The van der Waals surface area contributed by atoms with E-state index in [2.05, 4.69) is 24.7 Å². The van der Waals surface area contributed by atoms with E-state index < -0.39 is 17.9 Å². The van der Waals surface area contributed by atoms with Crippen LogP contribution in [0, 0.1) is 0 Å². The highest BCUT2D eigenvalue weighted by Gasteiger charge is 2.15. The lowest BCUT2D eigenvalue weighted by Gasteiger charge is -2.15. The molecular formula is C16H24N2O4. The summed E-state index contributed by atoms with van der Waals surface area (Å²) in [5, 5.41) is 0. The van der Waals surface area contributed by atoms with Crippen LogP contribution in [-0.4, -0.2) is 31.1 Å². The van der Waals surface area contributed by atoms with Gasteiger partial charge in [-0.1, -0.05) is 26.0 Å². The maximum Gasteiger partial charge on any atom is 0.279 e. The van der Waals surface area contributed by atoms with Crippen molar-refractivity contribution in [2.24, 2.45) is 0 Å². The second-order valence-corrected chi connectivity index (χ2v) is 5.16. The van der Waals surface area contributed by atoms with Gasteiger partial charge < -0.3 is 9.47 Å². The van der Waals surface area contributed by atoms with Gasteiger partial charge in [-0.3, -0.25) is 20.4 Å². The lowest BCUT2D eigenvalue weighted by atomic mass is 10.0. The zero-order valence-electron chi connectivity index (χ0n) is 13.5. The molecule has 0 aromatic heterocycles. The molecule has 1 unspecified atom stereocenters. The average molecular weight is 308 g/mol. The van der Waals surface area contributed by atoms with E-state index in [1.165, 1.54) is 5.56 Å². The Morgan fingerprint density at radius 1 is 1.09 bits per heavy atom. The van der Waals surface area contributed by atoms with Crippen molar-refractivity contribution in [3.8, 4) is 5.75 Å². The number of benzene rings is 1. The Labute approximate surface area is 131 Å². The van der Waals surface area contributed by atoms with Crippen LogP contribution in [0.4, 0.5) is 0 Å². The second-order valence-electron chi connectivity index (χ2n) is 5.16. The van der Waals surface area contributed by atoms with Gasteiger partial charge in [0, 0.05) is 6.61 Å². The molecule has 1 aromatic carbocycles. The SMILES string of the molecule is CCOCC(=O)NNC(=O)C(C)Oc1ccc(C(C)C)cc1. The zero-order valence-corrected chi connectivity index (χ0v) is 13.5. The highest BCUT2D eigenvalue weighted by molar-refractivity contribution is 5.85. The van der Waals surface area contributed by atoms with Crippen LogP contribution in [0.15, 0.2) is 24.3 Å². The van der Waals surface area contributed by atoms with Crippen LogP contribution < -0.4 is 15.6 Å². The van der Waals surface area contributed by atoms with Gasteiger partial charge in [0.05, 0.1) is 0 Å². The summed E-state index contributed by atoms with van der Waals surface area (Å²) in [7, 11) is 0. The maximum absolute atomic E-state index is 11.8. The van der Waals surface area contributed by atoms with E-state index in [4.69, 9.17) is 9.47 Å². The third-order valence-electron chi connectivity index (χ3n) is 2.99. The van der Waals surface area contributed by atoms with Crippen LogP contribution in [0.5, 0.6) is 5.75 Å². The number of rotatable bonds is 7. The normalized spacial score (nSPS) is 11.9. The standard InChI is InChI=1S/C16H24N2O4/c1-5-21-10-15(19)17-18-16(20)12(4)22-14-8-6-13(7-9-14)11(2)3/h6-9,11-12H,5,10H2,1-4H3,(H,17,19)(H,18,20). The fraction of sp³-hybridized carbons (Fsp3) is 0.500. The Morgan fingerprint density at radius 2 is 1.73 bits per heavy atom. The Kier molecular flexibility index (Phi) is 7.39. The third kappa shape index (κ3) is 6.13. The van der Waals surface area contributed by atoms with E-state index >= 15 is 0 Å². The predicted octanol–water partition coefficient (Wildman–Crippen LogP) is 1.76. The summed E-state index contributed by atoms with van der Waals surface area (Å²) in [5.41, 5.74) is 5.76. The molecule has 1 aromatic rings. The quantitative estimate of drug-likeness (QED) is 0.753. The Bertz CT molecular complexity index is 485. The van der Waals surface area contributed by atoms with Gasteiger partial charge in [-0.25, -0.2) is 0 Å². The molecule has 1 atom stereocenters. The molecule has 0 saturated carbocycles. The molecule has 6 nitrogen and oxygen atoms in total. The van der Waals surface area contributed by atoms with Crippen molar-refractivity contribution in [2.45, 2.75) is 39.7 Å². The number of hydrogen-bond acceptors (Lipinski definition) is 4. The van der Waals surface area contributed by atoms with Gasteiger partial charge in [0.2, 0.25) is 0 Å². The van der Waals surface area contributed by atoms with Gasteiger partial charge in [0.1, 0.15) is 12.4 Å². The molecule has 6 heteroatoms. The van der Waals surface area contributed by atoms with Gasteiger partial charge in [0.15, 0.2) is 6.10 Å². The van der Waals surface area contributed by atoms with Crippen LogP contribution >= 0.6 is 0 Å². The van der Waals surface area contributed by atoms with Crippen molar-refractivity contribution in [3.05, 3.63) is 29.8 Å². The number of carbonyl (C=O) groups excluding carboxylic acids is 2. The summed E-state index contributed by atoms with van der Waals surface area (Å²) < 4.78 is 10.4. The van der Waals surface area contributed by atoms with Crippen LogP contribution in [0.1, 0.15) is 39.2 Å². The first-order valence-electron chi connectivity index (χ1n) is 7.37. The van der Waals surface area contributed by atoms with Crippen LogP contribution in [-0.2, 0) is 14.3 Å². The first-order valence-corrected chi connectivity index (χ1v) is 7.37. The molecule has 0 bridgehead atoms. The summed E-state index contributed by atoms with van der Waals surface area (Å²) in [6, 6.07) is 7.59. The number of amides is 2. The number of hydrazine groups is 1. The van der Waals surface area contributed by atoms with Crippen LogP contribution in [0.2, 0.25) is 0 Å². The first kappa shape index (κ1) is 18.0. The van der Waals surface area contributed by atoms with Crippen molar-refractivity contribution in [2.75, 3.05) is 13.2 Å². The molecule has 22 heavy (non-hydrogen) atoms. The zero-order chi connectivity index (χ0) is 16.5. The molecule has 0 saturated heterocycles. The summed E-state index contributed by atoms with van der Waals surface area (Å²) in [6.45, 7) is 7.95. The van der Waals surface area contributed by atoms with Gasteiger partial charge >= 0.3 is 0 Å². The Morgan fingerprint density at radius 3 is 2.27 bits per heavy atom. The van der Waals surface area contributed by atoms with Gasteiger partial charge in [-0.15, -0.1) is 0 Å². The summed E-state index contributed by atoms with van der Waals surface area (Å²) >= 11 is 0. The largest absolute Gasteiger partial charge is 0.481 e. The molecule has 0 heterocycles. The molecule has 2 N–H and O–H groups in total. The molecule has 0 aliphatic heterocycles. The number of ether oxygens (including phenoxy) is 2. The van der Waals surface area contributed by atoms with E-state index in [0.717, 1.165) is 0 Å². The van der Waals surface area contributed by atoms with E-state index in [0.29, 0.717) is 18.3 Å². The molecular weight excluding hydrogens is 284 g/mol. The van der Waals surface area contributed by atoms with Crippen molar-refractivity contribution in [1.82, 2.24) is 10.9 Å². The summed E-state index contributed by atoms with van der Waals surface area (Å²) in [6.07, 6.45) is -0.725. The molecule has 0 fully saturated rings. The average Bonchev–Trinajstić information content (AvgIpc) is 2.50. The molecule has 1 rings (SSSR count). The molecule has 0 radical (unpaired) electrons. The lowest BCUT2D eigenvalue weighted by Crippen LogP contribution is -2.48. The fourth-order valence-electron chi connectivity index (χ4n) is 1.65. The van der Waals surface area contributed by atoms with E-state index in [1.807, 2.05) is 24.3 Å². The highest BCUT2D eigenvalue weighted by Crippen LogP contribution is 2.19. The second kappa shape index (κ2) is 9.04. The lowest BCUT2D eigenvalue weighted by molar-refractivity contribution is -0.134. The monoisotopic (exact) mass is 308 g/mol. The predicted molar refractivity (Wildman–Crippen MR) is 83.4 cm³/mol. The number of carbonyl (C=O) groups is 2. The smallest absolute Gasteiger partial charge is 0.279 e. The van der Waals surface area contributed by atoms with Crippen LogP contribution in [0.25, 0.3) is 0 Å².